The minimum absolute atomic E-state index is 0.308. The number of ether oxygens (including phenoxy) is 2. The molecule has 0 heterocycles. The summed E-state index contributed by atoms with van der Waals surface area (Å²) in [6.07, 6.45) is 0.624. The van der Waals surface area contributed by atoms with Crippen molar-refractivity contribution < 1.29 is 19.1 Å². The molecule has 23 heavy (non-hydrogen) atoms. The number of carbonyl (C=O) groups is 2. The highest BCUT2D eigenvalue weighted by Crippen LogP contribution is 2.40. The Morgan fingerprint density at radius 3 is 2.04 bits per heavy atom. The SMILES string of the molecule is COC(=O)C1(C(=O)OC)Cc2ccc(-c3ccccc3)cc2C1. The number of hydrogen-bond donors (Lipinski definition) is 0. The lowest BCUT2D eigenvalue weighted by Crippen LogP contribution is -2.42. The summed E-state index contributed by atoms with van der Waals surface area (Å²) < 4.78 is 9.73. The smallest absolute Gasteiger partial charge is 0.323 e. The van der Waals surface area contributed by atoms with E-state index in [-0.39, 0.29) is 0 Å². The Hall–Kier alpha value is -2.62. The monoisotopic (exact) mass is 310 g/mol. The maximum absolute atomic E-state index is 12.2. The van der Waals surface area contributed by atoms with Gasteiger partial charge in [-0.2, -0.15) is 0 Å². The van der Waals surface area contributed by atoms with Crippen LogP contribution in [0.15, 0.2) is 48.5 Å². The van der Waals surface area contributed by atoms with Crippen molar-refractivity contribution >= 4 is 11.9 Å². The van der Waals surface area contributed by atoms with Gasteiger partial charge in [0.2, 0.25) is 0 Å². The van der Waals surface area contributed by atoms with Gasteiger partial charge in [0.15, 0.2) is 5.41 Å². The second kappa shape index (κ2) is 5.88. The summed E-state index contributed by atoms with van der Waals surface area (Å²) in [5.41, 5.74) is 2.88. The van der Waals surface area contributed by atoms with Gasteiger partial charge in [0, 0.05) is 0 Å². The summed E-state index contributed by atoms with van der Waals surface area (Å²) in [7, 11) is 2.59. The van der Waals surface area contributed by atoms with Crippen molar-refractivity contribution in [2.24, 2.45) is 5.41 Å². The molecule has 0 N–H and O–H groups in total. The van der Waals surface area contributed by atoms with Gasteiger partial charge >= 0.3 is 11.9 Å². The van der Waals surface area contributed by atoms with Gasteiger partial charge in [-0.1, -0.05) is 48.5 Å². The molecule has 0 unspecified atom stereocenters. The van der Waals surface area contributed by atoms with Crippen molar-refractivity contribution in [2.75, 3.05) is 14.2 Å². The summed E-state index contributed by atoms with van der Waals surface area (Å²) in [6.45, 7) is 0. The zero-order valence-corrected chi connectivity index (χ0v) is 13.2. The van der Waals surface area contributed by atoms with Crippen molar-refractivity contribution in [3.05, 3.63) is 59.7 Å². The second-order valence-corrected chi connectivity index (χ2v) is 5.77. The molecule has 1 aliphatic rings. The van der Waals surface area contributed by atoms with Crippen molar-refractivity contribution in [2.45, 2.75) is 12.8 Å². The van der Waals surface area contributed by atoms with Gasteiger partial charge in [-0.05, 0) is 35.1 Å². The third kappa shape index (κ3) is 2.50. The fourth-order valence-electron chi connectivity index (χ4n) is 3.25. The molecule has 0 aromatic heterocycles. The number of rotatable bonds is 3. The molecule has 118 valence electrons. The van der Waals surface area contributed by atoms with E-state index in [0.29, 0.717) is 12.8 Å². The van der Waals surface area contributed by atoms with Crippen LogP contribution in [-0.2, 0) is 31.9 Å². The quantitative estimate of drug-likeness (QED) is 0.646. The van der Waals surface area contributed by atoms with Gasteiger partial charge < -0.3 is 9.47 Å². The topological polar surface area (TPSA) is 52.6 Å². The molecule has 2 aromatic carbocycles. The molecule has 0 spiro atoms. The normalized spacial score (nSPS) is 14.9. The number of carbonyl (C=O) groups excluding carboxylic acids is 2. The van der Waals surface area contributed by atoms with Crippen molar-refractivity contribution in [3.63, 3.8) is 0 Å². The third-order valence-electron chi connectivity index (χ3n) is 4.45. The van der Waals surface area contributed by atoms with E-state index in [0.717, 1.165) is 22.3 Å². The Morgan fingerprint density at radius 2 is 1.43 bits per heavy atom. The molecule has 0 aliphatic heterocycles. The number of fused-ring (bicyclic) bond motifs is 1. The standard InChI is InChI=1S/C19H18O4/c1-22-17(20)19(18(21)23-2)11-15-9-8-14(10-16(15)12-19)13-6-4-3-5-7-13/h3-10H,11-12H2,1-2H3. The van der Waals surface area contributed by atoms with Crippen LogP contribution in [0, 0.1) is 5.41 Å². The van der Waals surface area contributed by atoms with Crippen LogP contribution >= 0.6 is 0 Å². The summed E-state index contributed by atoms with van der Waals surface area (Å²) in [6, 6.07) is 16.0. The summed E-state index contributed by atoms with van der Waals surface area (Å²) >= 11 is 0. The molecule has 4 nitrogen and oxygen atoms in total. The Labute approximate surface area is 135 Å². The van der Waals surface area contributed by atoms with Crippen LogP contribution < -0.4 is 0 Å². The van der Waals surface area contributed by atoms with Gasteiger partial charge in [0.1, 0.15) is 0 Å². The van der Waals surface area contributed by atoms with E-state index in [1.54, 1.807) is 0 Å². The first-order valence-electron chi connectivity index (χ1n) is 7.45. The van der Waals surface area contributed by atoms with Crippen LogP contribution in [0.1, 0.15) is 11.1 Å². The van der Waals surface area contributed by atoms with Crippen LogP contribution in [-0.4, -0.2) is 26.2 Å². The van der Waals surface area contributed by atoms with Crippen molar-refractivity contribution in [1.82, 2.24) is 0 Å². The van der Waals surface area contributed by atoms with Crippen molar-refractivity contribution in [1.29, 1.82) is 0 Å². The van der Waals surface area contributed by atoms with Gasteiger partial charge in [-0.15, -0.1) is 0 Å². The molecule has 3 rings (SSSR count). The molecule has 0 bridgehead atoms. The molecular formula is C19H18O4. The lowest BCUT2D eigenvalue weighted by atomic mass is 9.85. The van der Waals surface area contributed by atoms with E-state index >= 15 is 0 Å². The summed E-state index contributed by atoms with van der Waals surface area (Å²) in [5.74, 6) is -1.08. The van der Waals surface area contributed by atoms with Crippen LogP contribution in [0.4, 0.5) is 0 Å². The first kappa shape index (κ1) is 15.3. The van der Waals surface area contributed by atoms with Gasteiger partial charge in [-0.3, -0.25) is 9.59 Å². The third-order valence-corrected chi connectivity index (χ3v) is 4.45. The number of esters is 2. The second-order valence-electron chi connectivity index (χ2n) is 5.77. The van der Waals surface area contributed by atoms with Gasteiger partial charge in [-0.25, -0.2) is 0 Å². The molecule has 0 radical (unpaired) electrons. The first-order chi connectivity index (χ1) is 11.1. The predicted octanol–water partition coefficient (Wildman–Crippen LogP) is 2.78. The largest absolute Gasteiger partial charge is 0.468 e. The minimum Gasteiger partial charge on any atom is -0.468 e. The minimum atomic E-state index is -1.26. The predicted molar refractivity (Wildman–Crippen MR) is 85.8 cm³/mol. The molecule has 0 fully saturated rings. The first-order valence-corrected chi connectivity index (χ1v) is 7.45. The molecule has 1 aliphatic carbocycles. The Morgan fingerprint density at radius 1 is 0.826 bits per heavy atom. The van der Waals surface area contributed by atoms with Crippen LogP contribution in [0.2, 0.25) is 0 Å². The van der Waals surface area contributed by atoms with E-state index in [4.69, 9.17) is 9.47 Å². The van der Waals surface area contributed by atoms with E-state index in [2.05, 4.69) is 0 Å². The Balaban J connectivity index is 2.00. The van der Waals surface area contributed by atoms with Crippen molar-refractivity contribution in [3.8, 4) is 11.1 Å². The molecule has 0 saturated carbocycles. The van der Waals surface area contributed by atoms with Crippen LogP contribution in [0.5, 0.6) is 0 Å². The van der Waals surface area contributed by atoms with E-state index < -0.39 is 17.4 Å². The lowest BCUT2D eigenvalue weighted by molar-refractivity contribution is -0.168. The maximum Gasteiger partial charge on any atom is 0.323 e. The van der Waals surface area contributed by atoms with E-state index in [1.165, 1.54) is 14.2 Å². The fraction of sp³-hybridized carbons (Fsp3) is 0.263. The highest BCUT2D eigenvalue weighted by Gasteiger charge is 2.52. The van der Waals surface area contributed by atoms with Gasteiger partial charge in [0.05, 0.1) is 14.2 Å². The molecular weight excluding hydrogens is 292 g/mol. The molecule has 4 heteroatoms. The molecule has 0 amide bonds. The zero-order valence-electron chi connectivity index (χ0n) is 13.2. The number of hydrogen-bond acceptors (Lipinski definition) is 4. The Kier molecular flexibility index (Phi) is 3.90. The summed E-state index contributed by atoms with van der Waals surface area (Å²) in [5, 5.41) is 0. The van der Waals surface area contributed by atoms with Crippen LogP contribution in [0.3, 0.4) is 0 Å². The summed E-state index contributed by atoms with van der Waals surface area (Å²) in [4.78, 5) is 24.5. The van der Waals surface area contributed by atoms with Crippen LogP contribution in [0.25, 0.3) is 11.1 Å². The fourth-order valence-corrected chi connectivity index (χ4v) is 3.25. The molecule has 2 aromatic rings. The molecule has 0 atom stereocenters. The Bertz CT molecular complexity index is 733. The number of methoxy groups -OCH3 is 2. The lowest BCUT2D eigenvalue weighted by Gasteiger charge is -2.22. The average molecular weight is 310 g/mol. The van der Waals surface area contributed by atoms with E-state index in [9.17, 15) is 9.59 Å². The highest BCUT2D eigenvalue weighted by molar-refractivity contribution is 6.01. The average Bonchev–Trinajstić information content (AvgIpc) is 3.00. The zero-order chi connectivity index (χ0) is 16.4. The molecule has 0 saturated heterocycles. The highest BCUT2D eigenvalue weighted by atomic mass is 16.5. The maximum atomic E-state index is 12.2. The number of benzene rings is 2. The van der Waals surface area contributed by atoms with E-state index in [1.807, 2.05) is 48.5 Å². The van der Waals surface area contributed by atoms with Gasteiger partial charge in [0.25, 0.3) is 0 Å².